The summed E-state index contributed by atoms with van der Waals surface area (Å²) >= 11 is 6.13. The molecule has 22 heavy (non-hydrogen) atoms. The van der Waals surface area contributed by atoms with Crippen LogP contribution in [0.15, 0.2) is 23.1 Å². The molecule has 1 aromatic carbocycles. The average Bonchev–Trinajstić information content (AvgIpc) is 2.44. The molecule has 2 N–H and O–H groups in total. The van der Waals surface area contributed by atoms with Crippen molar-refractivity contribution in [2.75, 3.05) is 13.1 Å². The van der Waals surface area contributed by atoms with Crippen molar-refractivity contribution in [3.8, 4) is 0 Å². The fourth-order valence-electron chi connectivity index (χ4n) is 2.67. The maximum Gasteiger partial charge on any atom is 0.244 e. The number of sulfonamides is 1. The van der Waals surface area contributed by atoms with Gasteiger partial charge in [0.2, 0.25) is 10.0 Å². The molecule has 1 aromatic rings. The minimum Gasteiger partial charge on any atom is -0.327 e. The van der Waals surface area contributed by atoms with Crippen LogP contribution in [0.25, 0.3) is 0 Å². The van der Waals surface area contributed by atoms with Gasteiger partial charge in [-0.3, -0.25) is 0 Å². The molecule has 1 aliphatic rings. The molecule has 1 fully saturated rings. The summed E-state index contributed by atoms with van der Waals surface area (Å²) in [5.74, 6) is 0.158. The van der Waals surface area contributed by atoms with Crippen molar-refractivity contribution < 1.29 is 8.42 Å². The lowest BCUT2D eigenvalue weighted by Gasteiger charge is -2.34. The van der Waals surface area contributed by atoms with Crippen LogP contribution in [-0.4, -0.2) is 31.9 Å². The number of piperidine rings is 1. The van der Waals surface area contributed by atoms with Crippen molar-refractivity contribution in [2.45, 2.75) is 44.0 Å². The van der Waals surface area contributed by atoms with E-state index in [0.717, 1.165) is 18.4 Å². The van der Waals surface area contributed by atoms with Gasteiger partial charge >= 0.3 is 0 Å². The Morgan fingerprint density at radius 2 is 2.09 bits per heavy atom. The molecule has 0 radical (unpaired) electrons. The number of nitrogens with two attached hydrogens (primary N) is 1. The highest BCUT2D eigenvalue weighted by Crippen LogP contribution is 2.29. The largest absolute Gasteiger partial charge is 0.327 e. The van der Waals surface area contributed by atoms with Gasteiger partial charge in [0.05, 0.1) is 5.02 Å². The van der Waals surface area contributed by atoms with Crippen LogP contribution in [-0.2, 0) is 16.4 Å². The minimum atomic E-state index is -3.54. The van der Waals surface area contributed by atoms with Gasteiger partial charge in [-0.2, -0.15) is 4.31 Å². The zero-order valence-corrected chi connectivity index (χ0v) is 15.3. The smallest absolute Gasteiger partial charge is 0.244 e. The fourth-order valence-corrected chi connectivity index (χ4v) is 4.75. The van der Waals surface area contributed by atoms with E-state index in [1.165, 1.54) is 4.31 Å². The highest BCUT2D eigenvalue weighted by atomic mass is 35.5. The number of aryl methyl sites for hydroxylation is 1. The molecule has 1 heterocycles. The predicted molar refractivity (Wildman–Crippen MR) is 93.2 cm³/mol. The molecule has 7 heteroatoms. The first-order valence-electron chi connectivity index (χ1n) is 7.40. The van der Waals surface area contributed by atoms with E-state index >= 15 is 0 Å². The first-order chi connectivity index (χ1) is 9.86. The first-order valence-corrected chi connectivity index (χ1v) is 9.22. The summed E-state index contributed by atoms with van der Waals surface area (Å²) in [6, 6.07) is 5.34. The second-order valence-corrected chi connectivity index (χ2v) is 8.12. The van der Waals surface area contributed by atoms with Gasteiger partial charge < -0.3 is 5.73 Å². The van der Waals surface area contributed by atoms with E-state index < -0.39 is 10.0 Å². The third-order valence-corrected chi connectivity index (χ3v) is 6.43. The molecule has 126 valence electrons. The second kappa shape index (κ2) is 7.97. The van der Waals surface area contributed by atoms with Crippen LogP contribution in [0.4, 0.5) is 0 Å². The van der Waals surface area contributed by atoms with Gasteiger partial charge in [-0.1, -0.05) is 37.9 Å². The molecule has 2 unspecified atom stereocenters. The Morgan fingerprint density at radius 3 is 2.68 bits per heavy atom. The summed E-state index contributed by atoms with van der Waals surface area (Å²) in [7, 11) is -3.54. The Morgan fingerprint density at radius 1 is 1.41 bits per heavy atom. The van der Waals surface area contributed by atoms with Gasteiger partial charge in [-0.15, -0.1) is 12.4 Å². The molecule has 0 amide bonds. The van der Waals surface area contributed by atoms with E-state index in [9.17, 15) is 8.42 Å². The van der Waals surface area contributed by atoms with Crippen molar-refractivity contribution in [2.24, 2.45) is 11.7 Å². The van der Waals surface area contributed by atoms with Crippen molar-refractivity contribution in [3.63, 3.8) is 0 Å². The summed E-state index contributed by atoms with van der Waals surface area (Å²) < 4.78 is 27.1. The monoisotopic (exact) mass is 366 g/mol. The lowest BCUT2D eigenvalue weighted by atomic mass is 9.96. The molecule has 0 spiro atoms. The van der Waals surface area contributed by atoms with E-state index in [1.807, 2.05) is 13.0 Å². The number of benzene rings is 1. The standard InChI is InChI=1S/C15H23ClN2O2S.ClH/c1-3-4-12-5-6-13(16)15(9-12)21(19,20)18-8-7-14(17)11(2)10-18;/h5-6,9,11,14H,3-4,7-8,10,17H2,1-2H3;1H. The van der Waals surface area contributed by atoms with Crippen molar-refractivity contribution in [1.82, 2.24) is 4.31 Å². The third kappa shape index (κ3) is 4.15. The Bertz CT molecular complexity index is 608. The van der Waals surface area contributed by atoms with E-state index in [4.69, 9.17) is 17.3 Å². The highest BCUT2D eigenvalue weighted by Gasteiger charge is 2.33. The third-order valence-electron chi connectivity index (χ3n) is 4.09. The number of rotatable bonds is 4. The molecule has 0 aliphatic carbocycles. The van der Waals surface area contributed by atoms with Gasteiger partial charge in [-0.05, 0) is 36.5 Å². The summed E-state index contributed by atoms with van der Waals surface area (Å²) in [5.41, 5.74) is 6.97. The second-order valence-electron chi connectivity index (χ2n) is 5.81. The number of halogens is 2. The Balaban J connectivity index is 0.00000242. The molecular weight excluding hydrogens is 343 g/mol. The van der Waals surface area contributed by atoms with Crippen LogP contribution >= 0.6 is 24.0 Å². The molecular formula is C15H24Cl2N2O2S. The van der Waals surface area contributed by atoms with Crippen molar-refractivity contribution in [1.29, 1.82) is 0 Å². The normalized spacial score (nSPS) is 23.1. The molecule has 1 aliphatic heterocycles. The van der Waals surface area contributed by atoms with E-state index in [-0.39, 0.29) is 34.3 Å². The molecule has 2 rings (SSSR count). The number of hydrogen-bond acceptors (Lipinski definition) is 3. The van der Waals surface area contributed by atoms with E-state index in [0.29, 0.717) is 19.5 Å². The fraction of sp³-hybridized carbons (Fsp3) is 0.600. The van der Waals surface area contributed by atoms with Gasteiger partial charge in [0, 0.05) is 19.1 Å². The summed E-state index contributed by atoms with van der Waals surface area (Å²) in [4.78, 5) is 0.220. The van der Waals surface area contributed by atoms with Crippen LogP contribution < -0.4 is 5.73 Å². The molecule has 4 nitrogen and oxygen atoms in total. The van der Waals surface area contributed by atoms with Gasteiger partial charge in [0.15, 0.2) is 0 Å². The van der Waals surface area contributed by atoms with Crippen LogP contribution in [0.2, 0.25) is 5.02 Å². The van der Waals surface area contributed by atoms with Crippen LogP contribution in [0.3, 0.4) is 0 Å². The van der Waals surface area contributed by atoms with Crippen LogP contribution in [0, 0.1) is 5.92 Å². The zero-order chi connectivity index (χ0) is 15.6. The maximum atomic E-state index is 12.8. The SMILES string of the molecule is CCCc1ccc(Cl)c(S(=O)(=O)N2CCC(N)C(C)C2)c1.Cl. The molecule has 1 saturated heterocycles. The first kappa shape index (κ1) is 19.7. The minimum absolute atomic E-state index is 0. The summed E-state index contributed by atoms with van der Waals surface area (Å²) in [5, 5.41) is 0.289. The van der Waals surface area contributed by atoms with Gasteiger partial charge in [0.25, 0.3) is 0 Å². The lowest BCUT2D eigenvalue weighted by Crippen LogP contribution is -2.48. The lowest BCUT2D eigenvalue weighted by molar-refractivity contribution is 0.250. The van der Waals surface area contributed by atoms with Crippen molar-refractivity contribution in [3.05, 3.63) is 28.8 Å². The number of nitrogens with zero attached hydrogens (tertiary/aromatic N) is 1. The molecule has 2 atom stereocenters. The summed E-state index contributed by atoms with van der Waals surface area (Å²) in [6.07, 6.45) is 2.50. The summed E-state index contributed by atoms with van der Waals surface area (Å²) in [6.45, 7) is 4.97. The Kier molecular flexibility index (Phi) is 7.15. The van der Waals surface area contributed by atoms with Crippen molar-refractivity contribution >= 4 is 34.0 Å². The van der Waals surface area contributed by atoms with Crippen LogP contribution in [0.5, 0.6) is 0 Å². The van der Waals surface area contributed by atoms with E-state index in [2.05, 4.69) is 6.92 Å². The number of hydrogen-bond donors (Lipinski definition) is 1. The highest BCUT2D eigenvalue weighted by molar-refractivity contribution is 7.89. The quantitative estimate of drug-likeness (QED) is 0.890. The zero-order valence-electron chi connectivity index (χ0n) is 13.0. The van der Waals surface area contributed by atoms with Gasteiger partial charge in [-0.25, -0.2) is 8.42 Å². The average molecular weight is 367 g/mol. The predicted octanol–water partition coefficient (Wildman–Crippen LogP) is 3.07. The Labute approximate surface area is 144 Å². The maximum absolute atomic E-state index is 12.8. The topological polar surface area (TPSA) is 63.4 Å². The molecule has 0 aromatic heterocycles. The molecule has 0 saturated carbocycles. The van der Waals surface area contributed by atoms with Crippen LogP contribution in [0.1, 0.15) is 32.3 Å². The van der Waals surface area contributed by atoms with Gasteiger partial charge in [0.1, 0.15) is 4.90 Å². The molecule has 0 bridgehead atoms. The van der Waals surface area contributed by atoms with E-state index in [1.54, 1.807) is 12.1 Å². The Hall–Kier alpha value is -0.330.